The summed E-state index contributed by atoms with van der Waals surface area (Å²) in [5, 5.41) is 4.15. The van der Waals surface area contributed by atoms with Crippen molar-refractivity contribution in [3.05, 3.63) is 34.9 Å². The maximum Gasteiger partial charge on any atom is 0.150 e. The number of halogens is 1. The molecular weight excluding hydrogens is 306 g/mol. The number of nitrogens with one attached hydrogen (secondary N) is 1. The van der Waals surface area contributed by atoms with Gasteiger partial charge in [-0.1, -0.05) is 43.6 Å². The number of hydrogen-bond acceptors (Lipinski definition) is 3. The minimum atomic E-state index is -2.86. The standard InChI is InChI=1S/C16H26ClNO2S/c1-3-18-13-14(8-7-11-21(19,20)4-2)12-15-9-5-6-10-16(15)17/h5-6,9-10,14,18H,3-4,7-8,11-13H2,1-2H3. The molecule has 120 valence electrons. The minimum Gasteiger partial charge on any atom is -0.317 e. The highest BCUT2D eigenvalue weighted by molar-refractivity contribution is 7.91. The van der Waals surface area contributed by atoms with Crippen molar-refractivity contribution in [2.75, 3.05) is 24.6 Å². The molecule has 0 aliphatic heterocycles. The van der Waals surface area contributed by atoms with Crippen LogP contribution >= 0.6 is 11.6 Å². The van der Waals surface area contributed by atoms with Gasteiger partial charge in [-0.05, 0) is 49.9 Å². The van der Waals surface area contributed by atoms with Crippen molar-refractivity contribution in [3.63, 3.8) is 0 Å². The van der Waals surface area contributed by atoms with Gasteiger partial charge in [0, 0.05) is 10.8 Å². The summed E-state index contributed by atoms with van der Waals surface area (Å²) < 4.78 is 23.1. The van der Waals surface area contributed by atoms with Crippen LogP contribution in [0.4, 0.5) is 0 Å². The average Bonchev–Trinajstić information content (AvgIpc) is 2.46. The van der Waals surface area contributed by atoms with Crippen LogP contribution in [-0.4, -0.2) is 33.0 Å². The molecule has 0 aliphatic carbocycles. The summed E-state index contributed by atoms with van der Waals surface area (Å²) in [5.74, 6) is 0.932. The number of sulfone groups is 1. The van der Waals surface area contributed by atoms with Gasteiger partial charge in [-0.25, -0.2) is 8.42 Å². The Balaban J connectivity index is 2.57. The number of rotatable bonds is 10. The first kappa shape index (κ1) is 18.5. The number of benzene rings is 1. The van der Waals surface area contributed by atoms with Gasteiger partial charge in [-0.2, -0.15) is 0 Å². The molecule has 1 aromatic rings. The van der Waals surface area contributed by atoms with Crippen molar-refractivity contribution in [3.8, 4) is 0 Å². The molecule has 1 unspecified atom stereocenters. The van der Waals surface area contributed by atoms with Gasteiger partial charge in [-0.3, -0.25) is 0 Å². The smallest absolute Gasteiger partial charge is 0.150 e. The molecule has 0 radical (unpaired) electrons. The van der Waals surface area contributed by atoms with E-state index in [1.54, 1.807) is 6.92 Å². The van der Waals surface area contributed by atoms with Crippen LogP contribution in [0.2, 0.25) is 5.02 Å². The first-order chi connectivity index (χ1) is 9.98. The molecule has 1 rings (SSSR count). The van der Waals surface area contributed by atoms with Crippen molar-refractivity contribution < 1.29 is 8.42 Å². The van der Waals surface area contributed by atoms with E-state index in [1.807, 2.05) is 24.3 Å². The highest BCUT2D eigenvalue weighted by atomic mass is 35.5. The first-order valence-electron chi connectivity index (χ1n) is 7.63. The van der Waals surface area contributed by atoms with Gasteiger partial charge in [0.1, 0.15) is 9.84 Å². The van der Waals surface area contributed by atoms with Gasteiger partial charge in [0.2, 0.25) is 0 Å². The Labute approximate surface area is 134 Å². The van der Waals surface area contributed by atoms with Crippen LogP contribution in [0.5, 0.6) is 0 Å². The molecule has 1 N–H and O–H groups in total. The largest absolute Gasteiger partial charge is 0.317 e. The molecule has 0 heterocycles. The Morgan fingerprint density at radius 3 is 2.57 bits per heavy atom. The molecule has 0 fully saturated rings. The summed E-state index contributed by atoms with van der Waals surface area (Å²) in [6.45, 7) is 5.60. The van der Waals surface area contributed by atoms with Crippen LogP contribution in [0.3, 0.4) is 0 Å². The van der Waals surface area contributed by atoms with Gasteiger partial charge < -0.3 is 5.32 Å². The Kier molecular flexibility index (Phi) is 8.30. The highest BCUT2D eigenvalue weighted by Gasteiger charge is 2.14. The second kappa shape index (κ2) is 9.44. The van der Waals surface area contributed by atoms with Crippen LogP contribution in [-0.2, 0) is 16.3 Å². The quantitative estimate of drug-likeness (QED) is 0.715. The minimum absolute atomic E-state index is 0.232. The van der Waals surface area contributed by atoms with E-state index in [0.29, 0.717) is 5.92 Å². The summed E-state index contributed by atoms with van der Waals surface area (Å²) in [6.07, 6.45) is 2.51. The van der Waals surface area contributed by atoms with Crippen molar-refractivity contribution in [2.24, 2.45) is 5.92 Å². The summed E-state index contributed by atoms with van der Waals surface area (Å²) >= 11 is 6.22. The Morgan fingerprint density at radius 2 is 1.95 bits per heavy atom. The van der Waals surface area contributed by atoms with E-state index in [9.17, 15) is 8.42 Å². The van der Waals surface area contributed by atoms with Gasteiger partial charge in [-0.15, -0.1) is 0 Å². The van der Waals surface area contributed by atoms with Crippen LogP contribution < -0.4 is 5.32 Å². The van der Waals surface area contributed by atoms with Gasteiger partial charge >= 0.3 is 0 Å². The number of hydrogen-bond donors (Lipinski definition) is 1. The van der Waals surface area contributed by atoms with E-state index in [4.69, 9.17) is 11.6 Å². The predicted molar refractivity (Wildman–Crippen MR) is 90.8 cm³/mol. The van der Waals surface area contributed by atoms with Crippen LogP contribution in [0.25, 0.3) is 0 Å². The topological polar surface area (TPSA) is 46.2 Å². The van der Waals surface area contributed by atoms with Crippen LogP contribution in [0.15, 0.2) is 24.3 Å². The lowest BCUT2D eigenvalue weighted by molar-refractivity contribution is 0.444. The van der Waals surface area contributed by atoms with Crippen molar-refractivity contribution in [1.29, 1.82) is 0 Å². The monoisotopic (exact) mass is 331 g/mol. The third-order valence-corrected chi connectivity index (χ3v) is 5.82. The van der Waals surface area contributed by atoms with E-state index in [2.05, 4.69) is 12.2 Å². The summed E-state index contributed by atoms with van der Waals surface area (Å²) in [7, 11) is -2.86. The maximum absolute atomic E-state index is 11.6. The second-order valence-electron chi connectivity index (χ2n) is 5.35. The molecule has 0 saturated carbocycles. The summed E-state index contributed by atoms with van der Waals surface area (Å²) in [4.78, 5) is 0. The Bertz CT molecular complexity index is 517. The fourth-order valence-corrected chi connectivity index (χ4v) is 3.44. The molecule has 5 heteroatoms. The van der Waals surface area contributed by atoms with Crippen LogP contribution in [0, 0.1) is 5.92 Å². The van der Waals surface area contributed by atoms with E-state index >= 15 is 0 Å². The zero-order chi connectivity index (χ0) is 15.7. The van der Waals surface area contributed by atoms with Crippen LogP contribution in [0.1, 0.15) is 32.3 Å². The fourth-order valence-electron chi connectivity index (χ4n) is 2.34. The van der Waals surface area contributed by atoms with Crippen molar-refractivity contribution in [2.45, 2.75) is 33.1 Å². The highest BCUT2D eigenvalue weighted by Crippen LogP contribution is 2.21. The average molecular weight is 332 g/mol. The van der Waals surface area contributed by atoms with E-state index < -0.39 is 9.84 Å². The Hall–Kier alpha value is -0.580. The molecule has 0 saturated heterocycles. The molecule has 0 aromatic heterocycles. The molecule has 1 atom stereocenters. The van der Waals surface area contributed by atoms with Crippen molar-refractivity contribution in [1.82, 2.24) is 5.32 Å². The molecule has 0 amide bonds. The molecule has 3 nitrogen and oxygen atoms in total. The molecular formula is C16H26ClNO2S. The van der Waals surface area contributed by atoms with Gasteiger partial charge in [0.15, 0.2) is 0 Å². The molecule has 0 bridgehead atoms. The summed E-state index contributed by atoms with van der Waals surface area (Å²) in [6, 6.07) is 7.87. The van der Waals surface area contributed by atoms with Crippen molar-refractivity contribution >= 4 is 21.4 Å². The normalized spacial score (nSPS) is 13.3. The first-order valence-corrected chi connectivity index (χ1v) is 9.83. The fraction of sp³-hybridized carbons (Fsp3) is 0.625. The Morgan fingerprint density at radius 1 is 1.24 bits per heavy atom. The summed E-state index contributed by atoms with van der Waals surface area (Å²) in [5.41, 5.74) is 1.14. The maximum atomic E-state index is 11.6. The lowest BCUT2D eigenvalue weighted by Gasteiger charge is -2.18. The molecule has 0 aliphatic rings. The third-order valence-electron chi connectivity index (χ3n) is 3.66. The van der Waals surface area contributed by atoms with E-state index in [-0.39, 0.29) is 11.5 Å². The lowest BCUT2D eigenvalue weighted by Crippen LogP contribution is -2.25. The molecule has 0 spiro atoms. The molecule has 21 heavy (non-hydrogen) atoms. The van der Waals surface area contributed by atoms with Gasteiger partial charge in [0.25, 0.3) is 0 Å². The zero-order valence-electron chi connectivity index (χ0n) is 12.9. The predicted octanol–water partition coefficient (Wildman–Crippen LogP) is 3.32. The van der Waals surface area contributed by atoms with E-state index in [0.717, 1.165) is 42.9 Å². The third kappa shape index (κ3) is 7.30. The zero-order valence-corrected chi connectivity index (χ0v) is 14.5. The van der Waals surface area contributed by atoms with E-state index in [1.165, 1.54) is 0 Å². The molecule has 1 aromatic carbocycles. The lowest BCUT2D eigenvalue weighted by atomic mass is 9.95. The second-order valence-corrected chi connectivity index (χ2v) is 8.23. The van der Waals surface area contributed by atoms with Gasteiger partial charge in [0.05, 0.1) is 5.75 Å². The SMILES string of the molecule is CCNCC(CCCS(=O)(=O)CC)Cc1ccccc1Cl.